The first-order chi connectivity index (χ1) is 12.3. The van der Waals surface area contributed by atoms with E-state index in [1.165, 1.54) is 5.56 Å². The molecule has 7 nitrogen and oxygen atoms in total. The molecular weight excluding hydrogens is 316 g/mol. The van der Waals surface area contributed by atoms with Crippen molar-refractivity contribution < 1.29 is 5.11 Å². The molecule has 0 bridgehead atoms. The van der Waals surface area contributed by atoms with Crippen LogP contribution in [0.15, 0.2) is 61.1 Å². The van der Waals surface area contributed by atoms with Crippen molar-refractivity contribution in [3.63, 3.8) is 0 Å². The highest BCUT2D eigenvalue weighted by molar-refractivity contribution is 5.80. The molecule has 0 radical (unpaired) electrons. The molecule has 0 atom stereocenters. The number of fused-ring (bicyclic) bond motifs is 1. The summed E-state index contributed by atoms with van der Waals surface area (Å²) in [5.41, 5.74) is 2.21. The third-order valence-electron chi connectivity index (χ3n) is 3.93. The van der Waals surface area contributed by atoms with Gasteiger partial charge in [0.2, 0.25) is 0 Å². The molecule has 0 amide bonds. The number of hydrogen-bond acceptors (Lipinski definition) is 5. The number of aliphatic hydroxyl groups excluding tert-OH is 1. The van der Waals surface area contributed by atoms with E-state index in [1.54, 1.807) is 10.9 Å². The maximum atomic E-state index is 8.96. The van der Waals surface area contributed by atoms with Crippen LogP contribution in [-0.4, -0.2) is 36.3 Å². The Balaban J connectivity index is 1.59. The Labute approximate surface area is 144 Å². The zero-order valence-electron chi connectivity index (χ0n) is 13.6. The monoisotopic (exact) mass is 334 g/mol. The lowest BCUT2D eigenvalue weighted by Crippen LogP contribution is -2.04. The molecule has 0 saturated heterocycles. The zero-order valence-corrected chi connectivity index (χ0v) is 13.6. The fourth-order valence-electron chi connectivity index (χ4n) is 2.71. The summed E-state index contributed by atoms with van der Waals surface area (Å²) in [5.74, 6) is 1.39. The number of pyridine rings is 1. The molecule has 0 saturated carbocycles. The molecule has 0 aliphatic rings. The number of aromatic nitrogens is 5. The fourth-order valence-corrected chi connectivity index (χ4v) is 2.71. The molecule has 0 aliphatic carbocycles. The molecular formula is C18H18N6O. The van der Waals surface area contributed by atoms with Gasteiger partial charge in [-0.15, -0.1) is 0 Å². The Morgan fingerprint density at radius 2 is 1.92 bits per heavy atom. The van der Waals surface area contributed by atoms with Crippen molar-refractivity contribution >= 4 is 22.5 Å². The number of anilines is 2. The average molecular weight is 334 g/mol. The highest BCUT2D eigenvalue weighted by atomic mass is 16.3. The van der Waals surface area contributed by atoms with Crippen LogP contribution in [0.5, 0.6) is 0 Å². The van der Waals surface area contributed by atoms with Gasteiger partial charge >= 0.3 is 0 Å². The predicted octanol–water partition coefficient (Wildman–Crippen LogP) is 2.41. The minimum atomic E-state index is 0.0595. The molecule has 1 aromatic carbocycles. The lowest BCUT2D eigenvalue weighted by Gasteiger charge is -2.06. The molecule has 0 fully saturated rings. The zero-order chi connectivity index (χ0) is 17.1. The third-order valence-corrected chi connectivity index (χ3v) is 3.93. The average Bonchev–Trinajstić information content (AvgIpc) is 3.24. The van der Waals surface area contributed by atoms with Gasteiger partial charge in [-0.2, -0.15) is 10.2 Å². The third kappa shape index (κ3) is 3.36. The smallest absolute Gasteiger partial charge is 0.153 e. The van der Waals surface area contributed by atoms with Crippen molar-refractivity contribution in [3.8, 4) is 0 Å². The van der Waals surface area contributed by atoms with Gasteiger partial charge in [-0.1, -0.05) is 30.3 Å². The van der Waals surface area contributed by atoms with Crippen molar-refractivity contribution in [1.82, 2.24) is 24.5 Å². The fraction of sp³-hybridized carbons (Fsp3) is 0.167. The molecule has 25 heavy (non-hydrogen) atoms. The van der Waals surface area contributed by atoms with Crippen LogP contribution >= 0.6 is 0 Å². The van der Waals surface area contributed by atoms with Crippen LogP contribution < -0.4 is 5.32 Å². The standard InChI is InChI=1S/C18H18N6O/c25-9-8-23-7-6-17(22-23)21-18-10-16-15(11-19-18)12-20-24(16)13-14-4-2-1-3-5-14/h1-7,10-12,25H,8-9,13H2,(H,19,21,22). The van der Waals surface area contributed by atoms with Crippen LogP contribution in [0.1, 0.15) is 5.56 Å². The highest BCUT2D eigenvalue weighted by Gasteiger charge is 2.07. The van der Waals surface area contributed by atoms with E-state index >= 15 is 0 Å². The Morgan fingerprint density at radius 3 is 2.76 bits per heavy atom. The normalized spacial score (nSPS) is 11.1. The second-order valence-corrected chi connectivity index (χ2v) is 5.73. The van der Waals surface area contributed by atoms with Crippen LogP contribution in [0.4, 0.5) is 11.6 Å². The van der Waals surface area contributed by atoms with Gasteiger partial charge in [-0.25, -0.2) is 4.98 Å². The van der Waals surface area contributed by atoms with Crippen molar-refractivity contribution in [2.24, 2.45) is 0 Å². The summed E-state index contributed by atoms with van der Waals surface area (Å²) in [6.45, 7) is 1.24. The maximum absolute atomic E-state index is 8.96. The van der Waals surface area contributed by atoms with E-state index in [2.05, 4.69) is 32.6 Å². The molecule has 2 N–H and O–H groups in total. The van der Waals surface area contributed by atoms with Crippen molar-refractivity contribution in [2.75, 3.05) is 11.9 Å². The minimum absolute atomic E-state index is 0.0595. The largest absolute Gasteiger partial charge is 0.394 e. The Hall–Kier alpha value is -3.19. The number of nitrogens with zero attached hydrogens (tertiary/aromatic N) is 5. The molecule has 7 heteroatoms. The second-order valence-electron chi connectivity index (χ2n) is 5.73. The van der Waals surface area contributed by atoms with E-state index in [0.717, 1.165) is 10.9 Å². The van der Waals surface area contributed by atoms with Gasteiger partial charge in [0.25, 0.3) is 0 Å². The van der Waals surface area contributed by atoms with Crippen molar-refractivity contribution in [2.45, 2.75) is 13.1 Å². The number of aliphatic hydroxyl groups is 1. The van der Waals surface area contributed by atoms with Crippen molar-refractivity contribution in [1.29, 1.82) is 0 Å². The second kappa shape index (κ2) is 6.74. The van der Waals surface area contributed by atoms with E-state index in [4.69, 9.17) is 5.11 Å². The lowest BCUT2D eigenvalue weighted by molar-refractivity contribution is 0.269. The number of benzene rings is 1. The molecule has 126 valence electrons. The van der Waals surface area contributed by atoms with Gasteiger partial charge in [-0.05, 0) is 5.56 Å². The molecule has 3 heterocycles. The molecule has 3 aromatic heterocycles. The van der Waals surface area contributed by atoms with Gasteiger partial charge in [-0.3, -0.25) is 9.36 Å². The van der Waals surface area contributed by atoms with Gasteiger partial charge in [0, 0.05) is 29.9 Å². The van der Waals surface area contributed by atoms with Gasteiger partial charge in [0.1, 0.15) is 5.82 Å². The Bertz CT molecular complexity index is 976. The van der Waals surface area contributed by atoms with E-state index < -0.39 is 0 Å². The summed E-state index contributed by atoms with van der Waals surface area (Å²) < 4.78 is 3.64. The molecule has 4 rings (SSSR count). The van der Waals surface area contributed by atoms with Crippen LogP contribution in [0.25, 0.3) is 10.9 Å². The summed E-state index contributed by atoms with van der Waals surface area (Å²) in [6.07, 6.45) is 5.44. The minimum Gasteiger partial charge on any atom is -0.394 e. The highest BCUT2D eigenvalue weighted by Crippen LogP contribution is 2.20. The number of rotatable bonds is 6. The SMILES string of the molecule is OCCn1ccc(Nc2cc3c(cn2)cnn3Cc2ccccc2)n1. The first kappa shape index (κ1) is 15.3. The number of nitrogens with one attached hydrogen (secondary N) is 1. The Morgan fingerprint density at radius 1 is 1.04 bits per heavy atom. The first-order valence-electron chi connectivity index (χ1n) is 8.09. The van der Waals surface area contributed by atoms with E-state index in [-0.39, 0.29) is 6.61 Å². The lowest BCUT2D eigenvalue weighted by atomic mass is 10.2. The summed E-state index contributed by atoms with van der Waals surface area (Å²) >= 11 is 0. The molecule has 0 unspecified atom stereocenters. The summed E-state index contributed by atoms with van der Waals surface area (Å²) in [5, 5.41) is 21.9. The van der Waals surface area contributed by atoms with Crippen LogP contribution in [0, 0.1) is 0 Å². The van der Waals surface area contributed by atoms with E-state index in [0.29, 0.717) is 24.7 Å². The quantitative estimate of drug-likeness (QED) is 0.566. The first-order valence-corrected chi connectivity index (χ1v) is 8.09. The van der Waals surface area contributed by atoms with E-state index in [9.17, 15) is 0 Å². The van der Waals surface area contributed by atoms with Crippen LogP contribution in [0.2, 0.25) is 0 Å². The van der Waals surface area contributed by atoms with Crippen LogP contribution in [-0.2, 0) is 13.1 Å². The molecule has 0 spiro atoms. The maximum Gasteiger partial charge on any atom is 0.153 e. The van der Waals surface area contributed by atoms with Crippen molar-refractivity contribution in [3.05, 3.63) is 66.6 Å². The van der Waals surface area contributed by atoms with Crippen LogP contribution in [0.3, 0.4) is 0 Å². The number of hydrogen-bond donors (Lipinski definition) is 2. The molecule has 4 aromatic rings. The summed E-state index contributed by atoms with van der Waals surface area (Å²) in [7, 11) is 0. The van der Waals surface area contributed by atoms with E-state index in [1.807, 2.05) is 47.4 Å². The topological polar surface area (TPSA) is 80.8 Å². The Kier molecular flexibility index (Phi) is 4.14. The summed E-state index contributed by atoms with van der Waals surface area (Å²) in [6, 6.07) is 14.0. The van der Waals surface area contributed by atoms with Gasteiger partial charge < -0.3 is 10.4 Å². The summed E-state index contributed by atoms with van der Waals surface area (Å²) in [4.78, 5) is 4.41. The van der Waals surface area contributed by atoms with Gasteiger partial charge in [0.15, 0.2) is 5.82 Å². The molecule has 0 aliphatic heterocycles. The van der Waals surface area contributed by atoms with Gasteiger partial charge in [0.05, 0.1) is 31.4 Å². The predicted molar refractivity (Wildman–Crippen MR) is 95.7 cm³/mol.